The normalized spacial score (nSPS) is 19.7. The predicted octanol–water partition coefficient (Wildman–Crippen LogP) is 2.91. The summed E-state index contributed by atoms with van der Waals surface area (Å²) in [6.07, 6.45) is 5.27. The molecule has 2 rings (SSSR count). The second-order valence-electron chi connectivity index (χ2n) is 5.68. The molecule has 1 unspecified atom stereocenters. The molecular weight excluding hydrogens is 246 g/mol. The standard InChI is InChI=1S/C17H25N3/c1-15-7-4-5-11-20(15)12-6-10-19-14-17-9-3-2-8-16(17)13-18/h2-3,8-9,15,19H,4-7,10-12,14H2,1H3. The summed E-state index contributed by atoms with van der Waals surface area (Å²) in [6.45, 7) is 6.60. The summed E-state index contributed by atoms with van der Waals surface area (Å²) in [5.74, 6) is 0. The lowest BCUT2D eigenvalue weighted by Gasteiger charge is -2.33. The highest BCUT2D eigenvalue weighted by Gasteiger charge is 2.16. The Morgan fingerprint density at radius 2 is 2.20 bits per heavy atom. The van der Waals surface area contributed by atoms with Crippen LogP contribution in [-0.4, -0.2) is 30.6 Å². The SMILES string of the molecule is CC1CCCCN1CCCNCc1ccccc1C#N. The van der Waals surface area contributed by atoms with Gasteiger partial charge in [-0.25, -0.2) is 0 Å². The van der Waals surface area contributed by atoms with Crippen LogP contribution in [0.25, 0.3) is 0 Å². The van der Waals surface area contributed by atoms with Gasteiger partial charge in [0.2, 0.25) is 0 Å². The maximum absolute atomic E-state index is 9.04. The van der Waals surface area contributed by atoms with Crippen molar-refractivity contribution < 1.29 is 0 Å². The van der Waals surface area contributed by atoms with Gasteiger partial charge in [0.1, 0.15) is 0 Å². The summed E-state index contributed by atoms with van der Waals surface area (Å²) in [5, 5.41) is 12.5. The van der Waals surface area contributed by atoms with Crippen molar-refractivity contribution in [2.24, 2.45) is 0 Å². The molecule has 1 atom stereocenters. The van der Waals surface area contributed by atoms with Crippen molar-refractivity contribution in [2.75, 3.05) is 19.6 Å². The zero-order chi connectivity index (χ0) is 14.2. The molecule has 0 aliphatic carbocycles. The van der Waals surface area contributed by atoms with Crippen LogP contribution < -0.4 is 5.32 Å². The van der Waals surface area contributed by atoms with Crippen LogP contribution in [-0.2, 0) is 6.54 Å². The molecule has 1 aliphatic heterocycles. The fourth-order valence-electron chi connectivity index (χ4n) is 2.90. The monoisotopic (exact) mass is 271 g/mol. The summed E-state index contributed by atoms with van der Waals surface area (Å²) in [6, 6.07) is 10.8. The minimum atomic E-state index is 0.753. The maximum Gasteiger partial charge on any atom is 0.0995 e. The Morgan fingerprint density at radius 1 is 1.35 bits per heavy atom. The van der Waals surface area contributed by atoms with Gasteiger partial charge in [-0.3, -0.25) is 0 Å². The lowest BCUT2D eigenvalue weighted by Crippen LogP contribution is -2.38. The van der Waals surface area contributed by atoms with E-state index in [1.54, 1.807) is 0 Å². The molecule has 0 saturated carbocycles. The number of rotatable bonds is 6. The second-order valence-corrected chi connectivity index (χ2v) is 5.68. The molecule has 1 aliphatic rings. The Balaban J connectivity index is 1.65. The molecule has 0 spiro atoms. The van der Waals surface area contributed by atoms with E-state index in [2.05, 4.69) is 23.2 Å². The van der Waals surface area contributed by atoms with Crippen molar-refractivity contribution in [2.45, 2.75) is 45.2 Å². The highest BCUT2D eigenvalue weighted by molar-refractivity contribution is 5.37. The van der Waals surface area contributed by atoms with Crippen LogP contribution in [0.4, 0.5) is 0 Å². The van der Waals surface area contributed by atoms with Crippen molar-refractivity contribution in [1.29, 1.82) is 5.26 Å². The fourth-order valence-corrected chi connectivity index (χ4v) is 2.90. The number of nitrogens with zero attached hydrogens (tertiary/aromatic N) is 2. The lowest BCUT2D eigenvalue weighted by molar-refractivity contribution is 0.159. The summed E-state index contributed by atoms with van der Waals surface area (Å²) >= 11 is 0. The first-order chi connectivity index (χ1) is 9.81. The van der Waals surface area contributed by atoms with E-state index in [0.717, 1.165) is 30.3 Å². The van der Waals surface area contributed by atoms with Gasteiger partial charge in [-0.15, -0.1) is 0 Å². The highest BCUT2D eigenvalue weighted by Crippen LogP contribution is 2.16. The lowest BCUT2D eigenvalue weighted by atomic mass is 10.0. The van der Waals surface area contributed by atoms with Gasteiger partial charge in [-0.1, -0.05) is 24.6 Å². The third-order valence-corrected chi connectivity index (χ3v) is 4.19. The second kappa shape index (κ2) is 8.04. The maximum atomic E-state index is 9.04. The molecule has 0 radical (unpaired) electrons. The summed E-state index contributed by atoms with van der Waals surface area (Å²) in [7, 11) is 0. The molecule has 1 heterocycles. The molecule has 0 bridgehead atoms. The number of benzene rings is 1. The third kappa shape index (κ3) is 4.33. The van der Waals surface area contributed by atoms with Gasteiger partial charge in [0.15, 0.2) is 0 Å². The number of hydrogen-bond donors (Lipinski definition) is 1. The summed E-state index contributed by atoms with van der Waals surface area (Å²) in [4.78, 5) is 2.61. The number of nitriles is 1. The Kier molecular flexibility index (Phi) is 6.04. The Hall–Kier alpha value is -1.37. The topological polar surface area (TPSA) is 39.1 Å². The van der Waals surface area contributed by atoms with E-state index in [1.807, 2.05) is 24.3 Å². The van der Waals surface area contributed by atoms with Crippen molar-refractivity contribution in [3.8, 4) is 6.07 Å². The van der Waals surface area contributed by atoms with Gasteiger partial charge in [0, 0.05) is 12.6 Å². The fraction of sp³-hybridized carbons (Fsp3) is 0.588. The molecule has 3 heteroatoms. The van der Waals surface area contributed by atoms with E-state index >= 15 is 0 Å². The molecule has 3 nitrogen and oxygen atoms in total. The molecule has 0 aromatic heterocycles. The van der Waals surface area contributed by atoms with Crippen molar-refractivity contribution in [3.63, 3.8) is 0 Å². The average molecular weight is 271 g/mol. The van der Waals surface area contributed by atoms with Crippen LogP contribution in [0.15, 0.2) is 24.3 Å². The first-order valence-electron chi connectivity index (χ1n) is 7.74. The van der Waals surface area contributed by atoms with Gasteiger partial charge >= 0.3 is 0 Å². The first kappa shape index (κ1) is 15.0. The zero-order valence-corrected chi connectivity index (χ0v) is 12.4. The summed E-state index contributed by atoms with van der Waals surface area (Å²) < 4.78 is 0. The van der Waals surface area contributed by atoms with Crippen LogP contribution in [0.1, 0.15) is 43.7 Å². The first-order valence-corrected chi connectivity index (χ1v) is 7.74. The predicted molar refractivity (Wildman–Crippen MR) is 82.4 cm³/mol. The molecule has 20 heavy (non-hydrogen) atoms. The molecule has 0 amide bonds. The Labute approximate surface area is 122 Å². The van der Waals surface area contributed by atoms with E-state index in [0.29, 0.717) is 0 Å². The average Bonchev–Trinajstić information content (AvgIpc) is 2.49. The van der Waals surface area contributed by atoms with Crippen molar-refractivity contribution >= 4 is 0 Å². The van der Waals surface area contributed by atoms with E-state index in [-0.39, 0.29) is 0 Å². The van der Waals surface area contributed by atoms with Crippen LogP contribution in [0.5, 0.6) is 0 Å². The highest BCUT2D eigenvalue weighted by atomic mass is 15.2. The molecule has 1 aromatic carbocycles. The summed E-state index contributed by atoms with van der Waals surface area (Å²) in [5.41, 5.74) is 1.88. The van der Waals surface area contributed by atoms with E-state index in [1.165, 1.54) is 38.8 Å². The minimum Gasteiger partial charge on any atom is -0.313 e. The van der Waals surface area contributed by atoms with Crippen molar-refractivity contribution in [1.82, 2.24) is 10.2 Å². The van der Waals surface area contributed by atoms with Crippen molar-refractivity contribution in [3.05, 3.63) is 35.4 Å². The molecule has 1 fully saturated rings. The van der Waals surface area contributed by atoms with Gasteiger partial charge in [-0.2, -0.15) is 5.26 Å². The van der Waals surface area contributed by atoms with Gasteiger partial charge in [0.05, 0.1) is 11.6 Å². The number of nitrogens with one attached hydrogen (secondary N) is 1. The van der Waals surface area contributed by atoms with Crippen LogP contribution in [0.3, 0.4) is 0 Å². The smallest absolute Gasteiger partial charge is 0.0995 e. The van der Waals surface area contributed by atoms with E-state index in [9.17, 15) is 0 Å². The molecule has 108 valence electrons. The number of piperidine rings is 1. The van der Waals surface area contributed by atoms with Crippen LogP contribution >= 0.6 is 0 Å². The largest absolute Gasteiger partial charge is 0.313 e. The van der Waals surface area contributed by atoms with Gasteiger partial charge in [0.25, 0.3) is 0 Å². The number of likely N-dealkylation sites (tertiary alicyclic amines) is 1. The molecule has 1 saturated heterocycles. The van der Waals surface area contributed by atoms with Gasteiger partial charge in [-0.05, 0) is 57.5 Å². The third-order valence-electron chi connectivity index (χ3n) is 4.19. The molecular formula is C17H25N3. The van der Waals surface area contributed by atoms with Crippen LogP contribution in [0.2, 0.25) is 0 Å². The zero-order valence-electron chi connectivity index (χ0n) is 12.4. The Bertz CT molecular complexity index is 450. The van der Waals surface area contributed by atoms with Gasteiger partial charge < -0.3 is 10.2 Å². The number of hydrogen-bond acceptors (Lipinski definition) is 3. The minimum absolute atomic E-state index is 0.753. The quantitative estimate of drug-likeness (QED) is 0.809. The molecule has 1 aromatic rings. The molecule has 1 N–H and O–H groups in total. The van der Waals surface area contributed by atoms with E-state index < -0.39 is 0 Å². The Morgan fingerprint density at radius 3 is 3.00 bits per heavy atom. The van der Waals surface area contributed by atoms with E-state index in [4.69, 9.17) is 5.26 Å². The van der Waals surface area contributed by atoms with Crippen LogP contribution in [0, 0.1) is 11.3 Å².